The van der Waals surface area contributed by atoms with Gasteiger partial charge in [-0.2, -0.15) is 18.3 Å². The van der Waals surface area contributed by atoms with Gasteiger partial charge in [-0.1, -0.05) is 18.2 Å². The fraction of sp³-hybridized carbons (Fsp3) is 0.158. The largest absolute Gasteiger partial charge is 0.478 e. The molecule has 0 saturated heterocycles. The van der Waals surface area contributed by atoms with Gasteiger partial charge < -0.3 is 10.4 Å². The summed E-state index contributed by atoms with van der Waals surface area (Å²) in [6.45, 7) is 0.637. The molecule has 0 fully saturated rings. The van der Waals surface area contributed by atoms with Crippen LogP contribution in [0, 0.1) is 0 Å². The van der Waals surface area contributed by atoms with Gasteiger partial charge in [0, 0.05) is 17.7 Å². The fourth-order valence-corrected chi connectivity index (χ4v) is 3.21. The monoisotopic (exact) mass is 373 g/mol. The van der Waals surface area contributed by atoms with Crippen molar-refractivity contribution < 1.29 is 23.1 Å². The molecule has 0 unspecified atom stereocenters. The molecule has 0 bridgehead atoms. The first-order valence-corrected chi connectivity index (χ1v) is 8.22. The number of halogens is 3. The molecule has 0 amide bonds. The van der Waals surface area contributed by atoms with Gasteiger partial charge in [-0.05, 0) is 36.8 Å². The number of rotatable bonds is 3. The van der Waals surface area contributed by atoms with Crippen LogP contribution in [0.2, 0.25) is 0 Å². The van der Waals surface area contributed by atoms with Gasteiger partial charge in [0.2, 0.25) is 0 Å². The summed E-state index contributed by atoms with van der Waals surface area (Å²) in [5.41, 5.74) is 1.55. The number of carboxylic acids is 1. The number of nitrogens with one attached hydrogen (secondary N) is 1. The van der Waals surface area contributed by atoms with Crippen LogP contribution in [0.4, 0.5) is 19.0 Å². The predicted molar refractivity (Wildman–Crippen MR) is 93.2 cm³/mol. The Hall–Kier alpha value is -3.29. The van der Waals surface area contributed by atoms with E-state index in [9.17, 15) is 23.1 Å². The van der Waals surface area contributed by atoms with Crippen LogP contribution < -0.4 is 5.32 Å². The summed E-state index contributed by atoms with van der Waals surface area (Å²) in [6.07, 6.45) is -3.81. The highest BCUT2D eigenvalue weighted by atomic mass is 19.4. The molecule has 2 N–H and O–H groups in total. The first-order chi connectivity index (χ1) is 12.8. The molecule has 0 aliphatic carbocycles. The highest BCUT2D eigenvalue weighted by molar-refractivity contribution is 5.88. The maximum absolute atomic E-state index is 13.1. The zero-order chi connectivity index (χ0) is 19.2. The smallest absolute Gasteiger partial charge is 0.416 e. The summed E-state index contributed by atoms with van der Waals surface area (Å²) in [7, 11) is 0. The molecule has 0 radical (unpaired) electrons. The molecule has 5 nitrogen and oxygen atoms in total. The lowest BCUT2D eigenvalue weighted by Crippen LogP contribution is -2.06. The number of carboxylic acid groups (broad SMARTS) is 1. The summed E-state index contributed by atoms with van der Waals surface area (Å²) in [5, 5.41) is 16.9. The lowest BCUT2D eigenvalue weighted by molar-refractivity contribution is -0.137. The SMILES string of the molecule is O=C(O)c1cccc(-n2nc(-c3cccc(C(F)(F)F)c3)c3c2NCC3)c1. The van der Waals surface area contributed by atoms with E-state index in [2.05, 4.69) is 10.4 Å². The molecule has 0 saturated carbocycles. The number of hydrogen-bond donors (Lipinski definition) is 2. The number of hydrogen-bond acceptors (Lipinski definition) is 3. The van der Waals surface area contributed by atoms with Gasteiger partial charge in [-0.15, -0.1) is 0 Å². The Balaban J connectivity index is 1.85. The van der Waals surface area contributed by atoms with E-state index in [0.29, 0.717) is 35.7 Å². The third-order valence-electron chi connectivity index (χ3n) is 4.45. The molecule has 2 heterocycles. The first-order valence-electron chi connectivity index (χ1n) is 8.22. The molecular formula is C19H14F3N3O2. The van der Waals surface area contributed by atoms with E-state index in [1.807, 2.05) is 0 Å². The Bertz CT molecular complexity index is 1040. The molecular weight excluding hydrogens is 359 g/mol. The molecule has 8 heteroatoms. The van der Waals surface area contributed by atoms with E-state index in [-0.39, 0.29) is 5.56 Å². The Morgan fingerprint density at radius 1 is 1.15 bits per heavy atom. The van der Waals surface area contributed by atoms with E-state index < -0.39 is 17.7 Å². The number of carbonyl (C=O) groups is 1. The van der Waals surface area contributed by atoms with Crippen molar-refractivity contribution >= 4 is 11.8 Å². The Morgan fingerprint density at radius 2 is 1.93 bits per heavy atom. The van der Waals surface area contributed by atoms with E-state index in [1.54, 1.807) is 22.9 Å². The van der Waals surface area contributed by atoms with Gasteiger partial charge in [-0.25, -0.2) is 9.48 Å². The third kappa shape index (κ3) is 3.03. The van der Waals surface area contributed by atoms with Crippen molar-refractivity contribution in [3.05, 3.63) is 65.2 Å². The molecule has 0 atom stereocenters. The maximum Gasteiger partial charge on any atom is 0.416 e. The topological polar surface area (TPSA) is 67.1 Å². The zero-order valence-electron chi connectivity index (χ0n) is 13.9. The standard InChI is InChI=1S/C19H14F3N3O2/c20-19(21,22)13-5-1-3-11(9-13)16-15-7-8-23-17(15)25(24-16)14-6-2-4-12(10-14)18(26)27/h1-6,9-10,23H,7-8H2,(H,26,27). The molecule has 4 rings (SSSR count). The van der Waals surface area contributed by atoms with E-state index in [4.69, 9.17) is 0 Å². The summed E-state index contributed by atoms with van der Waals surface area (Å²) in [5.74, 6) is -0.392. The molecule has 2 aromatic carbocycles. The number of alkyl halides is 3. The van der Waals surface area contributed by atoms with Crippen LogP contribution in [0.3, 0.4) is 0 Å². The summed E-state index contributed by atoms with van der Waals surface area (Å²) in [6, 6.07) is 11.3. The highest BCUT2D eigenvalue weighted by Crippen LogP contribution is 2.37. The van der Waals surface area contributed by atoms with Crippen molar-refractivity contribution in [2.75, 3.05) is 11.9 Å². The minimum Gasteiger partial charge on any atom is -0.478 e. The Labute approximate surface area is 152 Å². The number of benzene rings is 2. The van der Waals surface area contributed by atoms with Gasteiger partial charge in [-0.3, -0.25) is 0 Å². The Morgan fingerprint density at radius 3 is 2.67 bits per heavy atom. The second-order valence-electron chi connectivity index (χ2n) is 6.20. The van der Waals surface area contributed by atoms with E-state index in [1.165, 1.54) is 18.2 Å². The number of aromatic carboxylic acids is 1. The summed E-state index contributed by atoms with van der Waals surface area (Å²) >= 11 is 0. The fourth-order valence-electron chi connectivity index (χ4n) is 3.21. The molecule has 1 aromatic heterocycles. The zero-order valence-corrected chi connectivity index (χ0v) is 13.9. The molecule has 1 aliphatic heterocycles. The quantitative estimate of drug-likeness (QED) is 0.721. The summed E-state index contributed by atoms with van der Waals surface area (Å²) < 4.78 is 40.7. The normalized spacial score (nSPS) is 13.3. The second kappa shape index (κ2) is 6.15. The average molecular weight is 373 g/mol. The Kier molecular flexibility index (Phi) is 3.91. The van der Waals surface area contributed by atoms with Crippen LogP contribution >= 0.6 is 0 Å². The van der Waals surface area contributed by atoms with Crippen molar-refractivity contribution in [1.82, 2.24) is 9.78 Å². The van der Waals surface area contributed by atoms with Crippen molar-refractivity contribution in [3.63, 3.8) is 0 Å². The number of fused-ring (bicyclic) bond motifs is 1. The number of nitrogens with zero attached hydrogens (tertiary/aromatic N) is 2. The minimum atomic E-state index is -4.43. The lowest BCUT2D eigenvalue weighted by atomic mass is 10.0. The van der Waals surface area contributed by atoms with Gasteiger partial charge in [0.25, 0.3) is 0 Å². The van der Waals surface area contributed by atoms with Crippen LogP contribution in [-0.4, -0.2) is 27.4 Å². The molecule has 1 aliphatic rings. The average Bonchev–Trinajstić information content (AvgIpc) is 3.23. The lowest BCUT2D eigenvalue weighted by Gasteiger charge is -2.08. The molecule has 0 spiro atoms. The van der Waals surface area contributed by atoms with E-state index in [0.717, 1.165) is 17.7 Å². The second-order valence-corrected chi connectivity index (χ2v) is 6.20. The number of aromatic nitrogens is 2. The van der Waals surface area contributed by atoms with Gasteiger partial charge in [0.15, 0.2) is 0 Å². The van der Waals surface area contributed by atoms with E-state index >= 15 is 0 Å². The minimum absolute atomic E-state index is 0.107. The first kappa shape index (κ1) is 17.1. The highest BCUT2D eigenvalue weighted by Gasteiger charge is 2.31. The van der Waals surface area contributed by atoms with Crippen molar-refractivity contribution in [1.29, 1.82) is 0 Å². The van der Waals surface area contributed by atoms with Crippen LogP contribution in [-0.2, 0) is 12.6 Å². The van der Waals surface area contributed by atoms with Crippen LogP contribution in [0.15, 0.2) is 48.5 Å². The van der Waals surface area contributed by atoms with Crippen LogP contribution in [0.1, 0.15) is 21.5 Å². The molecule has 138 valence electrons. The number of anilines is 1. The maximum atomic E-state index is 13.1. The van der Waals surface area contributed by atoms with Gasteiger partial charge in [0.1, 0.15) is 5.82 Å². The van der Waals surface area contributed by atoms with Crippen molar-refractivity contribution in [2.45, 2.75) is 12.6 Å². The van der Waals surface area contributed by atoms with Crippen molar-refractivity contribution in [2.24, 2.45) is 0 Å². The van der Waals surface area contributed by atoms with Crippen LogP contribution in [0.25, 0.3) is 16.9 Å². The van der Waals surface area contributed by atoms with Gasteiger partial charge >= 0.3 is 12.1 Å². The van der Waals surface area contributed by atoms with Crippen LogP contribution in [0.5, 0.6) is 0 Å². The third-order valence-corrected chi connectivity index (χ3v) is 4.45. The predicted octanol–water partition coefficient (Wildman–Crippen LogP) is 4.22. The molecule has 27 heavy (non-hydrogen) atoms. The van der Waals surface area contributed by atoms with Crippen molar-refractivity contribution in [3.8, 4) is 16.9 Å². The molecule has 3 aromatic rings. The van der Waals surface area contributed by atoms with Gasteiger partial charge in [0.05, 0.1) is 22.5 Å². The summed E-state index contributed by atoms with van der Waals surface area (Å²) in [4.78, 5) is 11.2.